The minimum Gasteiger partial charge on any atom is -0.497 e. The number of methoxy groups -OCH3 is 1. The lowest BCUT2D eigenvalue weighted by Crippen LogP contribution is -2.52. The molecule has 0 radical (unpaired) electrons. The van der Waals surface area contributed by atoms with E-state index < -0.39 is 0 Å². The van der Waals surface area contributed by atoms with Crippen molar-refractivity contribution in [1.82, 2.24) is 15.2 Å². The average molecular weight is 367 g/mol. The summed E-state index contributed by atoms with van der Waals surface area (Å²) in [6.07, 6.45) is 4.74. The van der Waals surface area contributed by atoms with Gasteiger partial charge in [-0.05, 0) is 42.7 Å². The number of pyridine rings is 1. The summed E-state index contributed by atoms with van der Waals surface area (Å²) in [5, 5.41) is 3.50. The molecule has 1 aliphatic rings. The molecule has 0 aliphatic carbocycles. The lowest BCUT2D eigenvalue weighted by Gasteiger charge is -2.37. The number of nitrogens with zero attached hydrogens (tertiary/aromatic N) is 4. The van der Waals surface area contributed by atoms with E-state index in [2.05, 4.69) is 50.2 Å². The maximum absolute atomic E-state index is 5.34. The van der Waals surface area contributed by atoms with Crippen molar-refractivity contribution < 1.29 is 4.74 Å². The third-order valence-electron chi connectivity index (χ3n) is 5.02. The minimum absolute atomic E-state index is 0.869. The zero-order valence-corrected chi connectivity index (χ0v) is 16.5. The molecule has 1 aromatic heterocycles. The molecule has 0 saturated carbocycles. The van der Waals surface area contributed by atoms with E-state index in [0.717, 1.165) is 50.9 Å². The average Bonchev–Trinajstić information content (AvgIpc) is 2.73. The first kappa shape index (κ1) is 19.0. The van der Waals surface area contributed by atoms with Crippen LogP contribution in [0.15, 0.2) is 47.7 Å². The summed E-state index contributed by atoms with van der Waals surface area (Å²) in [6.45, 7) is 6.81. The predicted octanol–water partition coefficient (Wildman–Crippen LogP) is 2.34. The second-order valence-electron chi connectivity index (χ2n) is 6.70. The van der Waals surface area contributed by atoms with E-state index in [4.69, 9.17) is 4.74 Å². The van der Waals surface area contributed by atoms with Gasteiger partial charge >= 0.3 is 0 Å². The number of nitrogens with one attached hydrogen (secondary N) is 1. The van der Waals surface area contributed by atoms with E-state index in [-0.39, 0.29) is 0 Å². The molecule has 0 atom stereocenters. The number of hydrogen-bond donors (Lipinski definition) is 1. The Morgan fingerprint density at radius 3 is 2.74 bits per heavy atom. The summed E-state index contributed by atoms with van der Waals surface area (Å²) < 4.78 is 5.34. The Kier molecular flexibility index (Phi) is 6.52. The van der Waals surface area contributed by atoms with Gasteiger partial charge in [-0.25, -0.2) is 0 Å². The zero-order chi connectivity index (χ0) is 19.1. The number of piperazine rings is 1. The van der Waals surface area contributed by atoms with Crippen molar-refractivity contribution in [3.8, 4) is 5.75 Å². The number of aromatic nitrogens is 1. The fraction of sp³-hybridized carbons (Fsp3) is 0.429. The summed E-state index contributed by atoms with van der Waals surface area (Å²) in [5.41, 5.74) is 3.78. The molecule has 2 aromatic rings. The molecular weight excluding hydrogens is 338 g/mol. The van der Waals surface area contributed by atoms with Crippen molar-refractivity contribution >= 4 is 11.6 Å². The van der Waals surface area contributed by atoms with Crippen molar-refractivity contribution in [2.24, 2.45) is 4.99 Å². The normalized spacial score (nSPS) is 15.0. The molecule has 2 heterocycles. The van der Waals surface area contributed by atoms with Crippen LogP contribution < -0.4 is 15.0 Å². The molecule has 1 aromatic carbocycles. The monoisotopic (exact) mass is 367 g/mol. The minimum atomic E-state index is 0.869. The number of benzene rings is 1. The van der Waals surface area contributed by atoms with Crippen LogP contribution in [0.25, 0.3) is 0 Å². The van der Waals surface area contributed by atoms with E-state index in [0.29, 0.717) is 0 Å². The standard InChI is InChI=1S/C21H29N5O/c1-17-16-23-9-7-18(17)8-10-24-21(22-2)26-13-11-25(12-14-26)19-5-4-6-20(15-19)27-3/h4-7,9,15-16H,8,10-14H2,1-3H3,(H,22,24). The van der Waals surface area contributed by atoms with Gasteiger partial charge in [0.1, 0.15) is 5.75 Å². The number of aryl methyl sites for hydroxylation is 1. The molecule has 6 nitrogen and oxygen atoms in total. The molecule has 27 heavy (non-hydrogen) atoms. The Balaban J connectivity index is 1.50. The lowest BCUT2D eigenvalue weighted by atomic mass is 10.1. The number of guanidine groups is 1. The van der Waals surface area contributed by atoms with Gasteiger partial charge in [-0.15, -0.1) is 0 Å². The molecule has 0 amide bonds. The highest BCUT2D eigenvalue weighted by Gasteiger charge is 2.20. The Labute approximate surface area is 161 Å². The van der Waals surface area contributed by atoms with Gasteiger partial charge in [0.25, 0.3) is 0 Å². The number of ether oxygens (including phenoxy) is 1. The predicted molar refractivity (Wildman–Crippen MR) is 111 cm³/mol. The molecule has 1 saturated heterocycles. The van der Waals surface area contributed by atoms with Gasteiger partial charge in [-0.3, -0.25) is 9.98 Å². The van der Waals surface area contributed by atoms with Crippen molar-refractivity contribution in [3.63, 3.8) is 0 Å². The molecule has 0 bridgehead atoms. The van der Waals surface area contributed by atoms with Crippen molar-refractivity contribution in [1.29, 1.82) is 0 Å². The van der Waals surface area contributed by atoms with Crippen molar-refractivity contribution in [2.45, 2.75) is 13.3 Å². The third kappa shape index (κ3) is 4.90. The topological polar surface area (TPSA) is 53.0 Å². The van der Waals surface area contributed by atoms with E-state index in [9.17, 15) is 0 Å². The van der Waals surface area contributed by atoms with Gasteiger partial charge < -0.3 is 19.9 Å². The maximum atomic E-state index is 5.34. The molecule has 6 heteroatoms. The van der Waals surface area contributed by atoms with Crippen molar-refractivity contribution in [2.75, 3.05) is 51.8 Å². The summed E-state index contributed by atoms with van der Waals surface area (Å²) in [7, 11) is 3.56. The maximum Gasteiger partial charge on any atom is 0.193 e. The highest BCUT2D eigenvalue weighted by Crippen LogP contribution is 2.22. The first-order valence-corrected chi connectivity index (χ1v) is 9.45. The number of hydrogen-bond acceptors (Lipinski definition) is 4. The second kappa shape index (κ2) is 9.26. The van der Waals surface area contributed by atoms with Crippen LogP contribution in [0.2, 0.25) is 0 Å². The Hall–Kier alpha value is -2.76. The highest BCUT2D eigenvalue weighted by molar-refractivity contribution is 5.80. The second-order valence-corrected chi connectivity index (χ2v) is 6.70. The van der Waals surface area contributed by atoms with Crippen LogP contribution in [0.4, 0.5) is 5.69 Å². The number of anilines is 1. The summed E-state index contributed by atoms with van der Waals surface area (Å²) in [4.78, 5) is 13.4. The van der Waals surface area contributed by atoms with Crippen LogP contribution in [0.5, 0.6) is 5.75 Å². The quantitative estimate of drug-likeness (QED) is 0.649. The zero-order valence-electron chi connectivity index (χ0n) is 16.5. The van der Waals surface area contributed by atoms with E-state index in [1.165, 1.54) is 16.8 Å². The van der Waals surface area contributed by atoms with Crippen LogP contribution in [-0.2, 0) is 6.42 Å². The molecule has 0 unspecified atom stereocenters. The van der Waals surface area contributed by atoms with E-state index in [1.807, 2.05) is 31.6 Å². The fourth-order valence-corrected chi connectivity index (χ4v) is 3.41. The lowest BCUT2D eigenvalue weighted by molar-refractivity contribution is 0.372. The van der Waals surface area contributed by atoms with Gasteiger partial charge in [-0.2, -0.15) is 0 Å². The molecule has 1 N–H and O–H groups in total. The summed E-state index contributed by atoms with van der Waals surface area (Å²) in [5.74, 6) is 1.88. The van der Waals surface area contributed by atoms with Crippen LogP contribution in [-0.4, -0.2) is 62.7 Å². The Bertz CT molecular complexity index is 769. The first-order chi connectivity index (χ1) is 13.2. The van der Waals surface area contributed by atoms with Gasteiger partial charge in [0.2, 0.25) is 0 Å². The molecule has 0 spiro atoms. The molecule has 3 rings (SSSR count). The van der Waals surface area contributed by atoms with Gasteiger partial charge in [-0.1, -0.05) is 6.07 Å². The molecule has 144 valence electrons. The van der Waals surface area contributed by atoms with Crippen LogP contribution in [0.1, 0.15) is 11.1 Å². The van der Waals surface area contributed by atoms with Crippen molar-refractivity contribution in [3.05, 3.63) is 53.9 Å². The summed E-state index contributed by atoms with van der Waals surface area (Å²) >= 11 is 0. The van der Waals surface area contributed by atoms with E-state index >= 15 is 0 Å². The molecular formula is C21H29N5O. The fourth-order valence-electron chi connectivity index (χ4n) is 3.41. The smallest absolute Gasteiger partial charge is 0.193 e. The number of rotatable bonds is 5. The molecule has 1 aliphatic heterocycles. The van der Waals surface area contributed by atoms with Gasteiger partial charge in [0.05, 0.1) is 7.11 Å². The molecule has 1 fully saturated rings. The van der Waals surface area contributed by atoms with Crippen LogP contribution >= 0.6 is 0 Å². The highest BCUT2D eigenvalue weighted by atomic mass is 16.5. The number of aliphatic imine (C=N–C) groups is 1. The largest absolute Gasteiger partial charge is 0.497 e. The van der Waals surface area contributed by atoms with E-state index in [1.54, 1.807) is 7.11 Å². The van der Waals surface area contributed by atoms with Gasteiger partial charge in [0.15, 0.2) is 5.96 Å². The first-order valence-electron chi connectivity index (χ1n) is 9.45. The third-order valence-corrected chi connectivity index (χ3v) is 5.02. The Morgan fingerprint density at radius 1 is 1.22 bits per heavy atom. The SMILES string of the molecule is CN=C(NCCc1ccncc1C)N1CCN(c2cccc(OC)c2)CC1. The van der Waals surface area contributed by atoms with Crippen LogP contribution in [0.3, 0.4) is 0 Å². The summed E-state index contributed by atoms with van der Waals surface area (Å²) in [6, 6.07) is 10.4. The van der Waals surface area contributed by atoms with Gasteiger partial charge in [0, 0.05) is 63.9 Å². The Morgan fingerprint density at radius 2 is 2.04 bits per heavy atom. The van der Waals surface area contributed by atoms with Crippen LogP contribution in [0, 0.1) is 6.92 Å².